The van der Waals surface area contributed by atoms with E-state index in [1.165, 1.54) is 5.56 Å². The Hall–Kier alpha value is -0.700. The number of aryl methyl sites for hydroxylation is 1. The molecule has 0 aliphatic carbocycles. The van der Waals surface area contributed by atoms with Gasteiger partial charge in [0.05, 0.1) is 16.9 Å². The largest absolute Gasteiger partial charge is 0.397 e. The summed E-state index contributed by atoms with van der Waals surface area (Å²) in [6.45, 7) is 2.09. The van der Waals surface area contributed by atoms with Crippen molar-refractivity contribution in [3.63, 3.8) is 0 Å². The van der Waals surface area contributed by atoms with Crippen molar-refractivity contribution in [2.24, 2.45) is 0 Å². The molecule has 0 atom stereocenters. The van der Waals surface area contributed by atoms with Crippen molar-refractivity contribution in [3.8, 4) is 0 Å². The molecule has 2 nitrogen and oxygen atoms in total. The zero-order chi connectivity index (χ0) is 8.27. The van der Waals surface area contributed by atoms with Gasteiger partial charge < -0.3 is 5.73 Å². The molecular formula is C8H12N2S. The molecule has 0 aromatic carbocycles. The standard InChI is InChI=1S/C8H12N2S/c1-3-6-4-8(11-2)10-5-7(6)9/h4-5H,3,9H2,1-2H3. The highest BCUT2D eigenvalue weighted by molar-refractivity contribution is 7.98. The molecule has 0 bridgehead atoms. The molecule has 60 valence electrons. The van der Waals surface area contributed by atoms with E-state index < -0.39 is 0 Å². The fourth-order valence-electron chi connectivity index (χ4n) is 0.904. The van der Waals surface area contributed by atoms with Crippen molar-refractivity contribution in [1.29, 1.82) is 0 Å². The Balaban J connectivity index is 3.02. The fourth-order valence-corrected chi connectivity index (χ4v) is 1.32. The summed E-state index contributed by atoms with van der Waals surface area (Å²) in [7, 11) is 0. The second-order valence-electron chi connectivity index (χ2n) is 2.28. The van der Waals surface area contributed by atoms with Crippen LogP contribution in [0.2, 0.25) is 0 Å². The number of nitrogen functional groups attached to an aromatic ring is 1. The van der Waals surface area contributed by atoms with Crippen LogP contribution in [-0.2, 0) is 6.42 Å². The van der Waals surface area contributed by atoms with Crippen LogP contribution in [0.5, 0.6) is 0 Å². The quantitative estimate of drug-likeness (QED) is 0.686. The molecule has 0 fully saturated rings. The van der Waals surface area contributed by atoms with Gasteiger partial charge in [-0.3, -0.25) is 0 Å². The lowest BCUT2D eigenvalue weighted by molar-refractivity contribution is 1.06. The number of rotatable bonds is 2. The number of aromatic nitrogens is 1. The zero-order valence-corrected chi connectivity index (χ0v) is 7.61. The summed E-state index contributed by atoms with van der Waals surface area (Å²) in [6, 6.07) is 2.04. The molecule has 3 heteroatoms. The van der Waals surface area contributed by atoms with E-state index in [-0.39, 0.29) is 0 Å². The Morgan fingerprint density at radius 3 is 2.91 bits per heavy atom. The molecule has 1 rings (SSSR count). The summed E-state index contributed by atoms with van der Waals surface area (Å²) in [5.74, 6) is 0. The minimum Gasteiger partial charge on any atom is -0.397 e. The summed E-state index contributed by atoms with van der Waals surface area (Å²) >= 11 is 1.64. The fraction of sp³-hybridized carbons (Fsp3) is 0.375. The minimum atomic E-state index is 0.797. The van der Waals surface area contributed by atoms with Crippen LogP contribution in [0.4, 0.5) is 5.69 Å². The molecule has 0 saturated carbocycles. The van der Waals surface area contributed by atoms with Gasteiger partial charge in [-0.05, 0) is 24.3 Å². The Kier molecular flexibility index (Phi) is 2.76. The molecule has 1 aromatic rings. The molecule has 1 aromatic heterocycles. The monoisotopic (exact) mass is 168 g/mol. The van der Waals surface area contributed by atoms with Gasteiger partial charge in [0.15, 0.2) is 0 Å². The van der Waals surface area contributed by atoms with Gasteiger partial charge in [0.2, 0.25) is 0 Å². The van der Waals surface area contributed by atoms with E-state index in [1.54, 1.807) is 18.0 Å². The van der Waals surface area contributed by atoms with Gasteiger partial charge in [-0.2, -0.15) is 0 Å². The smallest absolute Gasteiger partial charge is 0.0961 e. The Bertz CT molecular complexity index is 248. The van der Waals surface area contributed by atoms with Gasteiger partial charge in [-0.25, -0.2) is 4.98 Å². The molecule has 0 saturated heterocycles. The van der Waals surface area contributed by atoms with Crippen molar-refractivity contribution < 1.29 is 0 Å². The predicted octanol–water partition coefficient (Wildman–Crippen LogP) is 1.95. The third-order valence-corrected chi connectivity index (χ3v) is 2.23. The minimum absolute atomic E-state index is 0.797. The normalized spacial score (nSPS) is 10.0. The van der Waals surface area contributed by atoms with Crippen LogP contribution in [0.3, 0.4) is 0 Å². The topological polar surface area (TPSA) is 38.9 Å². The summed E-state index contributed by atoms with van der Waals surface area (Å²) < 4.78 is 0. The molecule has 11 heavy (non-hydrogen) atoms. The van der Waals surface area contributed by atoms with Crippen LogP contribution < -0.4 is 5.73 Å². The van der Waals surface area contributed by atoms with E-state index in [0.717, 1.165) is 17.1 Å². The maximum Gasteiger partial charge on any atom is 0.0961 e. The number of nitrogens with two attached hydrogens (primary N) is 1. The summed E-state index contributed by atoms with van der Waals surface area (Å²) in [5, 5.41) is 1.04. The zero-order valence-electron chi connectivity index (χ0n) is 6.79. The van der Waals surface area contributed by atoms with Gasteiger partial charge in [-0.1, -0.05) is 6.92 Å². The number of hydrogen-bond donors (Lipinski definition) is 1. The van der Waals surface area contributed by atoms with E-state index in [0.29, 0.717) is 0 Å². The van der Waals surface area contributed by atoms with Crippen LogP contribution in [0.25, 0.3) is 0 Å². The van der Waals surface area contributed by atoms with Gasteiger partial charge in [0, 0.05) is 0 Å². The number of pyridine rings is 1. The number of nitrogens with zero attached hydrogens (tertiary/aromatic N) is 1. The SMILES string of the molecule is CCc1cc(SC)ncc1N. The summed E-state index contributed by atoms with van der Waals surface area (Å²) in [5.41, 5.74) is 7.66. The average molecular weight is 168 g/mol. The number of hydrogen-bond acceptors (Lipinski definition) is 3. The van der Waals surface area contributed by atoms with Crippen molar-refractivity contribution in [2.75, 3.05) is 12.0 Å². The first-order valence-corrected chi connectivity index (χ1v) is 4.78. The summed E-state index contributed by atoms with van der Waals surface area (Å²) in [4.78, 5) is 4.14. The lowest BCUT2D eigenvalue weighted by Gasteiger charge is -2.02. The highest BCUT2D eigenvalue weighted by Gasteiger charge is 1.98. The first-order chi connectivity index (χ1) is 5.27. The molecule has 0 aliphatic rings. The van der Waals surface area contributed by atoms with Crippen LogP contribution >= 0.6 is 11.8 Å². The average Bonchev–Trinajstić information content (AvgIpc) is 2.05. The maximum absolute atomic E-state index is 5.68. The lowest BCUT2D eigenvalue weighted by atomic mass is 10.2. The van der Waals surface area contributed by atoms with E-state index in [9.17, 15) is 0 Å². The molecule has 0 unspecified atom stereocenters. The van der Waals surface area contributed by atoms with Crippen molar-refractivity contribution >= 4 is 17.4 Å². The van der Waals surface area contributed by atoms with Crippen molar-refractivity contribution in [2.45, 2.75) is 18.4 Å². The van der Waals surface area contributed by atoms with Gasteiger partial charge in [0.1, 0.15) is 0 Å². The molecule has 2 N–H and O–H groups in total. The van der Waals surface area contributed by atoms with Gasteiger partial charge in [0.25, 0.3) is 0 Å². The third kappa shape index (κ3) is 1.87. The van der Waals surface area contributed by atoms with Gasteiger partial charge >= 0.3 is 0 Å². The third-order valence-electron chi connectivity index (χ3n) is 1.59. The highest BCUT2D eigenvalue weighted by Crippen LogP contribution is 2.17. The van der Waals surface area contributed by atoms with Crippen LogP contribution in [-0.4, -0.2) is 11.2 Å². The van der Waals surface area contributed by atoms with Crippen LogP contribution in [0.15, 0.2) is 17.3 Å². The highest BCUT2D eigenvalue weighted by atomic mass is 32.2. The molecule has 0 aliphatic heterocycles. The van der Waals surface area contributed by atoms with Crippen LogP contribution in [0, 0.1) is 0 Å². The molecular weight excluding hydrogens is 156 g/mol. The first kappa shape index (κ1) is 8.40. The van der Waals surface area contributed by atoms with E-state index in [1.807, 2.05) is 12.3 Å². The number of anilines is 1. The van der Waals surface area contributed by atoms with E-state index in [4.69, 9.17) is 5.73 Å². The molecule has 0 amide bonds. The second kappa shape index (κ2) is 3.62. The molecule has 0 radical (unpaired) electrons. The molecule has 1 heterocycles. The van der Waals surface area contributed by atoms with Crippen LogP contribution in [0.1, 0.15) is 12.5 Å². The second-order valence-corrected chi connectivity index (χ2v) is 3.11. The van der Waals surface area contributed by atoms with E-state index in [2.05, 4.69) is 11.9 Å². The first-order valence-electron chi connectivity index (χ1n) is 3.56. The van der Waals surface area contributed by atoms with E-state index >= 15 is 0 Å². The summed E-state index contributed by atoms with van der Waals surface area (Å²) in [6.07, 6.45) is 4.71. The van der Waals surface area contributed by atoms with Gasteiger partial charge in [-0.15, -0.1) is 11.8 Å². The number of thioether (sulfide) groups is 1. The van der Waals surface area contributed by atoms with Crippen molar-refractivity contribution in [3.05, 3.63) is 17.8 Å². The predicted molar refractivity (Wildman–Crippen MR) is 49.8 cm³/mol. The molecule has 0 spiro atoms. The Labute approximate surface area is 71.2 Å². The maximum atomic E-state index is 5.68. The Morgan fingerprint density at radius 1 is 1.64 bits per heavy atom. The van der Waals surface area contributed by atoms with Crippen molar-refractivity contribution in [1.82, 2.24) is 4.98 Å². The lowest BCUT2D eigenvalue weighted by Crippen LogP contribution is -1.94. The Morgan fingerprint density at radius 2 is 2.36 bits per heavy atom.